The average molecular weight is 483 g/mol. The maximum Gasteiger partial charge on any atom is 0.410 e. The molecule has 3 unspecified atom stereocenters. The third-order valence-electron chi connectivity index (χ3n) is 6.74. The first-order chi connectivity index (χ1) is 16.7. The summed E-state index contributed by atoms with van der Waals surface area (Å²) in [5.41, 5.74) is 2.01. The number of fused-ring (bicyclic) bond motifs is 1. The van der Waals surface area contributed by atoms with Crippen molar-refractivity contribution in [2.45, 2.75) is 45.3 Å². The predicted octanol–water partition coefficient (Wildman–Crippen LogP) is 5.78. The summed E-state index contributed by atoms with van der Waals surface area (Å²) >= 11 is 0. The van der Waals surface area contributed by atoms with Crippen LogP contribution in [0.1, 0.15) is 39.3 Å². The maximum absolute atomic E-state index is 13.5. The topological polar surface area (TPSA) is 60.9 Å². The van der Waals surface area contributed by atoms with Gasteiger partial charge in [0.05, 0.1) is 11.8 Å². The fourth-order valence-electron chi connectivity index (χ4n) is 5.18. The van der Waals surface area contributed by atoms with Gasteiger partial charge >= 0.3 is 6.09 Å². The monoisotopic (exact) mass is 482 g/mol. The number of hydrogen-bond acceptors (Lipinski definition) is 5. The molecule has 4 rings (SSSR count). The molecule has 2 aliphatic rings. The molecule has 0 bridgehead atoms. The Morgan fingerprint density at radius 3 is 2.74 bits per heavy atom. The maximum atomic E-state index is 13.5. The molecule has 1 saturated carbocycles. The second-order valence-electron chi connectivity index (χ2n) is 10.4. The molecule has 4 atom stereocenters. The minimum absolute atomic E-state index is 0.0198. The number of amides is 1. The van der Waals surface area contributed by atoms with Crippen molar-refractivity contribution in [1.82, 2.24) is 9.88 Å². The molecule has 1 aliphatic heterocycles. The standard InChI is InChI=1S/C28H35FN2O4/c1-28(2,3)35-27(32)31-13-12-24-21(17-31)15-26(34-18-33-4)25(24)11-10-23-9-8-20(16-30-23)19-6-5-7-22(29)14-19/h5-11,14,16,21,24-26H,12-13,15,17-18H2,1-4H3/b11-10+/t21?,24?,25-,26?/m0/s1. The van der Waals surface area contributed by atoms with Crippen LogP contribution in [0.5, 0.6) is 0 Å². The van der Waals surface area contributed by atoms with E-state index in [2.05, 4.69) is 11.1 Å². The zero-order chi connectivity index (χ0) is 25.0. The predicted molar refractivity (Wildman–Crippen MR) is 133 cm³/mol. The molecule has 0 N–H and O–H groups in total. The number of pyridine rings is 1. The van der Waals surface area contributed by atoms with Crippen LogP contribution >= 0.6 is 0 Å². The van der Waals surface area contributed by atoms with E-state index in [0.29, 0.717) is 24.9 Å². The van der Waals surface area contributed by atoms with Gasteiger partial charge in [0.2, 0.25) is 0 Å². The van der Waals surface area contributed by atoms with Crippen LogP contribution in [-0.4, -0.2) is 54.7 Å². The van der Waals surface area contributed by atoms with Crippen LogP contribution in [0.25, 0.3) is 17.2 Å². The molecular formula is C28H35FN2O4. The average Bonchev–Trinajstić information content (AvgIpc) is 3.17. The van der Waals surface area contributed by atoms with Crippen molar-refractivity contribution in [3.05, 3.63) is 60.2 Å². The summed E-state index contributed by atoms with van der Waals surface area (Å²) in [6.45, 7) is 7.27. The van der Waals surface area contributed by atoms with Crippen molar-refractivity contribution in [2.24, 2.45) is 17.8 Å². The number of hydrogen-bond donors (Lipinski definition) is 0. The van der Waals surface area contributed by atoms with E-state index in [9.17, 15) is 9.18 Å². The number of benzene rings is 1. The summed E-state index contributed by atoms with van der Waals surface area (Å²) in [5.74, 6) is 0.706. The Bertz CT molecular complexity index is 1030. The quantitative estimate of drug-likeness (QED) is 0.488. The van der Waals surface area contributed by atoms with E-state index in [1.165, 1.54) is 12.1 Å². The Hall–Kier alpha value is -2.77. The van der Waals surface area contributed by atoms with Gasteiger partial charge in [-0.1, -0.05) is 24.3 Å². The summed E-state index contributed by atoms with van der Waals surface area (Å²) in [4.78, 5) is 19.0. The van der Waals surface area contributed by atoms with Gasteiger partial charge in [0.1, 0.15) is 18.2 Å². The third kappa shape index (κ3) is 6.47. The molecule has 1 saturated heterocycles. The molecule has 2 heterocycles. The molecule has 1 aromatic carbocycles. The van der Waals surface area contributed by atoms with Crippen LogP contribution in [0.4, 0.5) is 9.18 Å². The van der Waals surface area contributed by atoms with E-state index in [1.54, 1.807) is 19.4 Å². The highest BCUT2D eigenvalue weighted by molar-refractivity contribution is 5.68. The molecule has 2 fully saturated rings. The molecule has 0 spiro atoms. The summed E-state index contributed by atoms with van der Waals surface area (Å²) < 4.78 is 30.4. The van der Waals surface area contributed by atoms with E-state index in [1.807, 2.05) is 49.9 Å². The minimum atomic E-state index is -0.504. The van der Waals surface area contributed by atoms with E-state index >= 15 is 0 Å². The lowest BCUT2D eigenvalue weighted by Crippen LogP contribution is -2.45. The van der Waals surface area contributed by atoms with E-state index in [-0.39, 0.29) is 30.7 Å². The van der Waals surface area contributed by atoms with Crippen LogP contribution in [0.2, 0.25) is 0 Å². The van der Waals surface area contributed by atoms with Gasteiger partial charge in [0.15, 0.2) is 0 Å². The van der Waals surface area contributed by atoms with Crippen molar-refractivity contribution < 1.29 is 23.4 Å². The van der Waals surface area contributed by atoms with Crippen molar-refractivity contribution in [3.8, 4) is 11.1 Å². The molecular weight excluding hydrogens is 447 g/mol. The second-order valence-corrected chi connectivity index (χ2v) is 10.4. The van der Waals surface area contributed by atoms with Crippen LogP contribution in [-0.2, 0) is 14.2 Å². The molecule has 7 heteroatoms. The number of piperidine rings is 1. The number of ether oxygens (including phenoxy) is 3. The molecule has 6 nitrogen and oxygen atoms in total. The van der Waals surface area contributed by atoms with Crippen molar-refractivity contribution in [2.75, 3.05) is 27.0 Å². The van der Waals surface area contributed by atoms with E-state index in [0.717, 1.165) is 29.7 Å². The second kappa shape index (κ2) is 10.9. The fourth-order valence-corrected chi connectivity index (χ4v) is 5.18. The molecule has 188 valence electrons. The van der Waals surface area contributed by atoms with Crippen molar-refractivity contribution in [3.63, 3.8) is 0 Å². The molecule has 0 radical (unpaired) electrons. The highest BCUT2D eigenvalue weighted by Gasteiger charge is 2.46. The number of methoxy groups -OCH3 is 1. The normalized spacial score (nSPS) is 24.5. The zero-order valence-electron chi connectivity index (χ0n) is 20.9. The number of nitrogens with zero attached hydrogens (tertiary/aromatic N) is 2. The molecule has 2 aromatic rings. The fraction of sp³-hybridized carbons (Fsp3) is 0.500. The lowest BCUT2D eigenvalue weighted by atomic mass is 9.83. The number of aromatic nitrogens is 1. The summed E-state index contributed by atoms with van der Waals surface area (Å²) in [6, 6.07) is 10.4. The number of carbonyl (C=O) groups is 1. The number of rotatable bonds is 6. The van der Waals surface area contributed by atoms with Gasteiger partial charge in [0, 0.05) is 37.9 Å². The van der Waals surface area contributed by atoms with Gasteiger partial charge in [0.25, 0.3) is 0 Å². The molecule has 1 amide bonds. The minimum Gasteiger partial charge on any atom is -0.444 e. The van der Waals surface area contributed by atoms with E-state index in [4.69, 9.17) is 14.2 Å². The summed E-state index contributed by atoms with van der Waals surface area (Å²) in [7, 11) is 1.63. The Morgan fingerprint density at radius 1 is 1.23 bits per heavy atom. The molecule has 35 heavy (non-hydrogen) atoms. The summed E-state index contributed by atoms with van der Waals surface area (Å²) in [6.07, 6.45) is 7.54. The lowest BCUT2D eigenvalue weighted by Gasteiger charge is -2.37. The molecule has 1 aliphatic carbocycles. The van der Waals surface area contributed by atoms with E-state index < -0.39 is 5.60 Å². The first kappa shape index (κ1) is 25.3. The first-order valence-electron chi connectivity index (χ1n) is 12.2. The zero-order valence-corrected chi connectivity index (χ0v) is 20.9. The van der Waals surface area contributed by atoms with Gasteiger partial charge in [-0.3, -0.25) is 4.98 Å². The smallest absolute Gasteiger partial charge is 0.410 e. The Kier molecular flexibility index (Phi) is 7.87. The van der Waals surface area contributed by atoms with Crippen LogP contribution in [0, 0.1) is 23.6 Å². The Morgan fingerprint density at radius 2 is 2.06 bits per heavy atom. The number of halogens is 1. The van der Waals surface area contributed by atoms with Gasteiger partial charge in [-0.25, -0.2) is 9.18 Å². The summed E-state index contributed by atoms with van der Waals surface area (Å²) in [5, 5.41) is 0. The molecule has 1 aromatic heterocycles. The van der Waals surface area contributed by atoms with Crippen molar-refractivity contribution in [1.29, 1.82) is 0 Å². The van der Waals surface area contributed by atoms with Gasteiger partial charge in [-0.2, -0.15) is 0 Å². The Balaban J connectivity index is 1.45. The van der Waals surface area contributed by atoms with Crippen LogP contribution in [0.15, 0.2) is 48.7 Å². The van der Waals surface area contributed by atoms with Gasteiger partial charge < -0.3 is 19.1 Å². The third-order valence-corrected chi connectivity index (χ3v) is 6.74. The largest absolute Gasteiger partial charge is 0.444 e. The van der Waals surface area contributed by atoms with Gasteiger partial charge in [-0.15, -0.1) is 0 Å². The Labute approximate surface area is 207 Å². The number of carbonyl (C=O) groups excluding carboxylic acids is 1. The highest BCUT2D eigenvalue weighted by Crippen LogP contribution is 2.45. The van der Waals surface area contributed by atoms with Crippen LogP contribution in [0.3, 0.4) is 0 Å². The SMILES string of the molecule is COCOC1CC2CN(C(=O)OC(C)(C)C)CCC2[C@@H]1/C=C/c1ccc(-c2cccc(F)c2)cn1. The van der Waals surface area contributed by atoms with Crippen LogP contribution < -0.4 is 0 Å². The first-order valence-corrected chi connectivity index (χ1v) is 12.2. The number of likely N-dealkylation sites (tertiary alicyclic amines) is 1. The van der Waals surface area contributed by atoms with Gasteiger partial charge in [-0.05, 0) is 75.3 Å². The highest BCUT2D eigenvalue weighted by atomic mass is 19.1. The lowest BCUT2D eigenvalue weighted by molar-refractivity contribution is -0.0803. The van der Waals surface area contributed by atoms with Crippen molar-refractivity contribution >= 4 is 12.2 Å².